The number of aliphatic hydroxyl groups is 1. The maximum absolute atomic E-state index is 8.78. The Bertz CT molecular complexity index is 267. The van der Waals surface area contributed by atoms with E-state index in [-0.39, 0.29) is 6.61 Å². The van der Waals surface area contributed by atoms with E-state index in [1.54, 1.807) is 12.4 Å². The highest BCUT2D eigenvalue weighted by Crippen LogP contribution is 2.15. The summed E-state index contributed by atoms with van der Waals surface area (Å²) in [7, 11) is 0. The summed E-state index contributed by atoms with van der Waals surface area (Å²) in [5.41, 5.74) is 0.628. The topological polar surface area (TPSA) is 49.3 Å². The average molecular weight is 179 g/mol. The predicted octanol–water partition coefficient (Wildman–Crippen LogP) is 0.569. The van der Waals surface area contributed by atoms with Crippen LogP contribution in [-0.2, 0) is 6.61 Å². The quantitative estimate of drug-likeness (QED) is 0.721. The zero-order valence-corrected chi connectivity index (χ0v) is 7.48. The molecule has 0 spiro atoms. The molecule has 0 aliphatic carbocycles. The fourth-order valence-corrected chi connectivity index (χ4v) is 1.54. The lowest BCUT2D eigenvalue weighted by molar-refractivity contribution is 0.276. The first kappa shape index (κ1) is 8.44. The van der Waals surface area contributed by atoms with Crippen molar-refractivity contribution in [1.29, 1.82) is 0 Å². The van der Waals surface area contributed by atoms with E-state index >= 15 is 0 Å². The molecular formula is C9H13N3O. The predicted molar refractivity (Wildman–Crippen MR) is 49.4 cm³/mol. The Morgan fingerprint density at radius 1 is 1.23 bits per heavy atom. The fourth-order valence-electron chi connectivity index (χ4n) is 1.54. The standard InChI is InChI=1S/C9H13N3O/c13-7-8-5-11-9(6-10-8)12-3-1-2-4-12/h5-6,13H,1-4,7H2. The van der Waals surface area contributed by atoms with Crippen LogP contribution in [0.5, 0.6) is 0 Å². The lowest BCUT2D eigenvalue weighted by Gasteiger charge is -2.15. The normalized spacial score (nSPS) is 16.5. The molecule has 1 aromatic heterocycles. The molecule has 1 aliphatic heterocycles. The minimum absolute atomic E-state index is 0.0344. The lowest BCUT2D eigenvalue weighted by Crippen LogP contribution is -2.19. The molecule has 1 aliphatic rings. The van der Waals surface area contributed by atoms with E-state index in [4.69, 9.17) is 5.11 Å². The van der Waals surface area contributed by atoms with E-state index in [0.29, 0.717) is 5.69 Å². The second kappa shape index (κ2) is 3.70. The second-order valence-electron chi connectivity index (χ2n) is 3.22. The van der Waals surface area contributed by atoms with Crippen LogP contribution in [0.25, 0.3) is 0 Å². The lowest BCUT2D eigenvalue weighted by atomic mass is 10.4. The number of hydrogen-bond acceptors (Lipinski definition) is 4. The van der Waals surface area contributed by atoms with Gasteiger partial charge in [0.1, 0.15) is 5.82 Å². The third kappa shape index (κ3) is 1.78. The van der Waals surface area contributed by atoms with Crippen LogP contribution in [-0.4, -0.2) is 28.2 Å². The van der Waals surface area contributed by atoms with Crippen molar-refractivity contribution >= 4 is 5.82 Å². The Labute approximate surface area is 77.2 Å². The van der Waals surface area contributed by atoms with E-state index in [9.17, 15) is 0 Å². The summed E-state index contributed by atoms with van der Waals surface area (Å²) in [5, 5.41) is 8.78. The largest absolute Gasteiger partial charge is 0.390 e. The number of aliphatic hydroxyl groups excluding tert-OH is 1. The van der Waals surface area contributed by atoms with Crippen LogP contribution in [0.1, 0.15) is 18.5 Å². The Morgan fingerprint density at radius 2 is 2.00 bits per heavy atom. The molecule has 1 fully saturated rings. The van der Waals surface area contributed by atoms with Crippen molar-refractivity contribution in [1.82, 2.24) is 9.97 Å². The van der Waals surface area contributed by atoms with Crippen molar-refractivity contribution in [2.45, 2.75) is 19.4 Å². The van der Waals surface area contributed by atoms with E-state index in [2.05, 4.69) is 14.9 Å². The maximum atomic E-state index is 8.78. The Kier molecular flexibility index (Phi) is 2.40. The van der Waals surface area contributed by atoms with Gasteiger partial charge in [0.25, 0.3) is 0 Å². The van der Waals surface area contributed by atoms with Gasteiger partial charge in [-0.1, -0.05) is 0 Å². The molecule has 0 unspecified atom stereocenters. The van der Waals surface area contributed by atoms with Crippen molar-refractivity contribution in [3.8, 4) is 0 Å². The zero-order valence-electron chi connectivity index (χ0n) is 7.48. The number of nitrogens with zero attached hydrogens (tertiary/aromatic N) is 3. The van der Waals surface area contributed by atoms with Gasteiger partial charge in [0.2, 0.25) is 0 Å². The minimum atomic E-state index is -0.0344. The highest BCUT2D eigenvalue weighted by Gasteiger charge is 2.13. The van der Waals surface area contributed by atoms with Gasteiger partial charge in [0.15, 0.2) is 0 Å². The average Bonchev–Trinajstić information content (AvgIpc) is 2.71. The van der Waals surface area contributed by atoms with Crippen molar-refractivity contribution in [2.75, 3.05) is 18.0 Å². The summed E-state index contributed by atoms with van der Waals surface area (Å²) >= 11 is 0. The highest BCUT2D eigenvalue weighted by molar-refractivity contribution is 5.36. The van der Waals surface area contributed by atoms with E-state index in [1.165, 1.54) is 12.8 Å². The van der Waals surface area contributed by atoms with Gasteiger partial charge in [0.05, 0.1) is 24.7 Å². The molecular weight excluding hydrogens is 166 g/mol. The third-order valence-electron chi connectivity index (χ3n) is 2.28. The van der Waals surface area contributed by atoms with Crippen LogP contribution in [0.2, 0.25) is 0 Å². The van der Waals surface area contributed by atoms with Gasteiger partial charge in [-0.25, -0.2) is 4.98 Å². The molecule has 0 aromatic carbocycles. The zero-order chi connectivity index (χ0) is 9.10. The van der Waals surface area contributed by atoms with E-state index < -0.39 is 0 Å². The van der Waals surface area contributed by atoms with E-state index in [1.807, 2.05) is 0 Å². The van der Waals surface area contributed by atoms with Gasteiger partial charge in [0, 0.05) is 13.1 Å². The molecule has 1 saturated heterocycles. The molecule has 4 nitrogen and oxygen atoms in total. The first-order valence-electron chi connectivity index (χ1n) is 4.57. The van der Waals surface area contributed by atoms with Crippen LogP contribution < -0.4 is 4.90 Å². The van der Waals surface area contributed by atoms with Crippen molar-refractivity contribution in [3.63, 3.8) is 0 Å². The van der Waals surface area contributed by atoms with Gasteiger partial charge < -0.3 is 10.0 Å². The molecule has 1 aromatic rings. The summed E-state index contributed by atoms with van der Waals surface area (Å²) in [5.74, 6) is 0.926. The van der Waals surface area contributed by atoms with E-state index in [0.717, 1.165) is 18.9 Å². The summed E-state index contributed by atoms with van der Waals surface area (Å²) in [6.07, 6.45) is 5.84. The molecule has 2 rings (SSSR count). The van der Waals surface area contributed by atoms with Crippen LogP contribution >= 0.6 is 0 Å². The summed E-state index contributed by atoms with van der Waals surface area (Å²) in [6.45, 7) is 2.12. The molecule has 1 N–H and O–H groups in total. The van der Waals surface area contributed by atoms with Crippen molar-refractivity contribution in [3.05, 3.63) is 18.1 Å². The molecule has 0 saturated carbocycles. The van der Waals surface area contributed by atoms with Crippen LogP contribution in [0.4, 0.5) is 5.82 Å². The molecule has 2 heterocycles. The second-order valence-corrected chi connectivity index (χ2v) is 3.22. The Morgan fingerprint density at radius 3 is 2.54 bits per heavy atom. The van der Waals surface area contributed by atoms with Crippen molar-refractivity contribution in [2.24, 2.45) is 0 Å². The molecule has 13 heavy (non-hydrogen) atoms. The summed E-state index contributed by atoms with van der Waals surface area (Å²) < 4.78 is 0. The molecule has 0 radical (unpaired) electrons. The summed E-state index contributed by atoms with van der Waals surface area (Å²) in [6, 6.07) is 0. The Hall–Kier alpha value is -1.16. The SMILES string of the molecule is OCc1cnc(N2CCCC2)cn1. The fraction of sp³-hybridized carbons (Fsp3) is 0.556. The number of aromatic nitrogens is 2. The van der Waals surface area contributed by atoms with Crippen LogP contribution in [0, 0.1) is 0 Å². The molecule has 0 amide bonds. The number of hydrogen-bond donors (Lipinski definition) is 1. The van der Waals surface area contributed by atoms with Crippen LogP contribution in [0.15, 0.2) is 12.4 Å². The number of rotatable bonds is 2. The van der Waals surface area contributed by atoms with Crippen molar-refractivity contribution < 1.29 is 5.11 Å². The van der Waals surface area contributed by atoms with Gasteiger partial charge in [-0.15, -0.1) is 0 Å². The molecule has 0 bridgehead atoms. The molecule has 4 heteroatoms. The van der Waals surface area contributed by atoms with Gasteiger partial charge in [-0.05, 0) is 12.8 Å². The highest BCUT2D eigenvalue weighted by atomic mass is 16.3. The van der Waals surface area contributed by atoms with Gasteiger partial charge >= 0.3 is 0 Å². The van der Waals surface area contributed by atoms with Gasteiger partial charge in [-0.2, -0.15) is 0 Å². The summed E-state index contributed by atoms with van der Waals surface area (Å²) in [4.78, 5) is 10.5. The number of anilines is 1. The monoisotopic (exact) mass is 179 g/mol. The smallest absolute Gasteiger partial charge is 0.147 e. The van der Waals surface area contributed by atoms with Gasteiger partial charge in [-0.3, -0.25) is 4.98 Å². The Balaban J connectivity index is 2.12. The molecule has 0 atom stereocenters. The van der Waals surface area contributed by atoms with Crippen LogP contribution in [0.3, 0.4) is 0 Å². The maximum Gasteiger partial charge on any atom is 0.147 e. The third-order valence-corrected chi connectivity index (χ3v) is 2.28. The first-order chi connectivity index (χ1) is 6.40. The molecule has 70 valence electrons. The first-order valence-corrected chi connectivity index (χ1v) is 4.57. The minimum Gasteiger partial charge on any atom is -0.390 e.